The molecule has 0 bridgehead atoms. The SMILES string of the molecule is Cc1cc(C(N)=O)ccc1COC1CCCC(N)C1. The highest BCUT2D eigenvalue weighted by Gasteiger charge is 2.19. The Bertz CT molecular complexity index is 459. The Morgan fingerprint density at radius 1 is 1.42 bits per heavy atom. The Morgan fingerprint density at radius 2 is 2.21 bits per heavy atom. The summed E-state index contributed by atoms with van der Waals surface area (Å²) < 4.78 is 5.92. The van der Waals surface area contributed by atoms with E-state index in [1.54, 1.807) is 6.07 Å². The lowest BCUT2D eigenvalue weighted by atomic mass is 9.93. The predicted molar refractivity (Wildman–Crippen MR) is 74.7 cm³/mol. The zero-order chi connectivity index (χ0) is 13.8. The summed E-state index contributed by atoms with van der Waals surface area (Å²) in [4.78, 5) is 11.1. The van der Waals surface area contributed by atoms with Crippen molar-refractivity contribution in [2.24, 2.45) is 11.5 Å². The van der Waals surface area contributed by atoms with E-state index in [4.69, 9.17) is 16.2 Å². The summed E-state index contributed by atoms with van der Waals surface area (Å²) in [5, 5.41) is 0. The standard InChI is InChI=1S/C15H22N2O2/c1-10-7-11(15(17)18)5-6-12(10)9-19-14-4-2-3-13(16)8-14/h5-7,13-14H,2-4,8-9,16H2,1H3,(H2,17,18). The van der Waals surface area contributed by atoms with Gasteiger partial charge < -0.3 is 16.2 Å². The molecule has 4 heteroatoms. The zero-order valence-corrected chi connectivity index (χ0v) is 11.4. The van der Waals surface area contributed by atoms with Gasteiger partial charge in [-0.05, 0) is 55.9 Å². The van der Waals surface area contributed by atoms with Crippen molar-refractivity contribution >= 4 is 5.91 Å². The maximum Gasteiger partial charge on any atom is 0.248 e. The lowest BCUT2D eigenvalue weighted by Gasteiger charge is -2.27. The third-order valence-corrected chi connectivity index (χ3v) is 3.77. The summed E-state index contributed by atoms with van der Waals surface area (Å²) >= 11 is 0. The maximum atomic E-state index is 11.1. The van der Waals surface area contributed by atoms with Crippen LogP contribution in [-0.2, 0) is 11.3 Å². The number of carbonyl (C=O) groups excluding carboxylic acids is 1. The van der Waals surface area contributed by atoms with Crippen LogP contribution in [0, 0.1) is 6.92 Å². The molecule has 4 N–H and O–H groups in total. The number of aryl methyl sites for hydroxylation is 1. The largest absolute Gasteiger partial charge is 0.373 e. The molecule has 2 rings (SSSR count). The van der Waals surface area contributed by atoms with Gasteiger partial charge in [0.15, 0.2) is 0 Å². The van der Waals surface area contributed by atoms with E-state index >= 15 is 0 Å². The molecule has 0 spiro atoms. The maximum absolute atomic E-state index is 11.1. The van der Waals surface area contributed by atoms with Gasteiger partial charge in [-0.25, -0.2) is 0 Å². The molecule has 1 aromatic carbocycles. The van der Waals surface area contributed by atoms with Gasteiger partial charge in [0.1, 0.15) is 0 Å². The van der Waals surface area contributed by atoms with Crippen molar-refractivity contribution in [3.63, 3.8) is 0 Å². The van der Waals surface area contributed by atoms with Gasteiger partial charge in [0, 0.05) is 11.6 Å². The van der Waals surface area contributed by atoms with Gasteiger partial charge in [0.25, 0.3) is 0 Å². The van der Waals surface area contributed by atoms with Crippen LogP contribution in [0.4, 0.5) is 0 Å². The smallest absolute Gasteiger partial charge is 0.248 e. The highest BCUT2D eigenvalue weighted by molar-refractivity contribution is 5.93. The molecule has 2 unspecified atom stereocenters. The summed E-state index contributed by atoms with van der Waals surface area (Å²) in [7, 11) is 0. The summed E-state index contributed by atoms with van der Waals surface area (Å²) in [5.41, 5.74) is 13.9. The predicted octanol–water partition coefficient (Wildman–Crippen LogP) is 1.88. The van der Waals surface area contributed by atoms with Crippen LogP contribution < -0.4 is 11.5 Å². The highest BCUT2D eigenvalue weighted by atomic mass is 16.5. The van der Waals surface area contributed by atoms with Gasteiger partial charge in [-0.2, -0.15) is 0 Å². The van der Waals surface area contributed by atoms with Crippen LogP contribution in [0.5, 0.6) is 0 Å². The Kier molecular flexibility index (Phi) is 4.56. The van der Waals surface area contributed by atoms with E-state index in [2.05, 4.69) is 0 Å². The average molecular weight is 262 g/mol. The number of nitrogens with two attached hydrogens (primary N) is 2. The normalized spacial score (nSPS) is 23.3. The second-order valence-electron chi connectivity index (χ2n) is 5.37. The van der Waals surface area contributed by atoms with Crippen molar-refractivity contribution < 1.29 is 9.53 Å². The lowest BCUT2D eigenvalue weighted by Crippen LogP contribution is -2.32. The van der Waals surface area contributed by atoms with Crippen molar-refractivity contribution in [2.75, 3.05) is 0 Å². The van der Waals surface area contributed by atoms with Crippen LogP contribution in [0.3, 0.4) is 0 Å². The topological polar surface area (TPSA) is 78.3 Å². The molecule has 0 aliphatic heterocycles. The molecule has 1 aromatic rings. The molecule has 1 aliphatic rings. The van der Waals surface area contributed by atoms with Gasteiger partial charge in [-0.15, -0.1) is 0 Å². The number of amides is 1. The highest BCUT2D eigenvalue weighted by Crippen LogP contribution is 2.22. The molecule has 1 saturated carbocycles. The second kappa shape index (κ2) is 6.17. The minimum atomic E-state index is -0.395. The fraction of sp³-hybridized carbons (Fsp3) is 0.533. The van der Waals surface area contributed by atoms with Crippen LogP contribution in [0.15, 0.2) is 18.2 Å². The molecule has 1 fully saturated rings. The van der Waals surface area contributed by atoms with Crippen molar-refractivity contribution in [3.8, 4) is 0 Å². The van der Waals surface area contributed by atoms with E-state index in [9.17, 15) is 4.79 Å². The van der Waals surface area contributed by atoms with Crippen molar-refractivity contribution in [2.45, 2.75) is 51.4 Å². The molecule has 2 atom stereocenters. The first-order valence-electron chi connectivity index (χ1n) is 6.83. The monoisotopic (exact) mass is 262 g/mol. The Balaban J connectivity index is 1.94. The molecule has 0 radical (unpaired) electrons. The first kappa shape index (κ1) is 14.0. The van der Waals surface area contributed by atoms with E-state index in [1.165, 1.54) is 0 Å². The molecule has 1 aliphatic carbocycles. The van der Waals surface area contributed by atoms with Crippen LogP contribution in [-0.4, -0.2) is 18.1 Å². The average Bonchev–Trinajstić information content (AvgIpc) is 2.37. The molecule has 1 amide bonds. The van der Waals surface area contributed by atoms with Crippen LogP contribution in [0.2, 0.25) is 0 Å². The quantitative estimate of drug-likeness (QED) is 0.869. The molecular formula is C15H22N2O2. The van der Waals surface area contributed by atoms with E-state index in [0.29, 0.717) is 12.2 Å². The third kappa shape index (κ3) is 3.78. The number of rotatable bonds is 4. The van der Waals surface area contributed by atoms with Gasteiger partial charge in [0.2, 0.25) is 5.91 Å². The van der Waals surface area contributed by atoms with Gasteiger partial charge in [0.05, 0.1) is 12.7 Å². The number of primary amides is 1. The number of hydrogen-bond acceptors (Lipinski definition) is 3. The van der Waals surface area contributed by atoms with Crippen LogP contribution in [0.1, 0.15) is 47.2 Å². The number of hydrogen-bond donors (Lipinski definition) is 2. The molecule has 0 heterocycles. The molecular weight excluding hydrogens is 240 g/mol. The molecule has 104 valence electrons. The fourth-order valence-electron chi connectivity index (χ4n) is 2.55. The van der Waals surface area contributed by atoms with Gasteiger partial charge >= 0.3 is 0 Å². The third-order valence-electron chi connectivity index (χ3n) is 3.77. The van der Waals surface area contributed by atoms with Crippen molar-refractivity contribution in [1.82, 2.24) is 0 Å². The summed E-state index contributed by atoms with van der Waals surface area (Å²) in [5.74, 6) is -0.395. The van der Waals surface area contributed by atoms with E-state index in [1.807, 2.05) is 19.1 Å². The van der Waals surface area contributed by atoms with E-state index in [0.717, 1.165) is 36.8 Å². The van der Waals surface area contributed by atoms with Crippen LogP contribution >= 0.6 is 0 Å². The number of benzene rings is 1. The minimum absolute atomic E-state index is 0.263. The van der Waals surface area contributed by atoms with Crippen molar-refractivity contribution in [3.05, 3.63) is 34.9 Å². The van der Waals surface area contributed by atoms with Gasteiger partial charge in [-0.1, -0.05) is 6.07 Å². The molecule has 0 aromatic heterocycles. The number of ether oxygens (including phenoxy) is 1. The number of carbonyl (C=O) groups is 1. The van der Waals surface area contributed by atoms with E-state index < -0.39 is 5.91 Å². The van der Waals surface area contributed by atoms with Gasteiger partial charge in [-0.3, -0.25) is 4.79 Å². The fourth-order valence-corrected chi connectivity index (χ4v) is 2.55. The lowest BCUT2D eigenvalue weighted by molar-refractivity contribution is 0.0120. The molecule has 0 saturated heterocycles. The van der Waals surface area contributed by atoms with Crippen molar-refractivity contribution in [1.29, 1.82) is 0 Å². The summed E-state index contributed by atoms with van der Waals surface area (Å²) in [6.45, 7) is 2.54. The van der Waals surface area contributed by atoms with E-state index in [-0.39, 0.29) is 12.1 Å². The minimum Gasteiger partial charge on any atom is -0.373 e. The Morgan fingerprint density at radius 3 is 2.84 bits per heavy atom. The molecule has 4 nitrogen and oxygen atoms in total. The second-order valence-corrected chi connectivity index (χ2v) is 5.37. The molecule has 19 heavy (non-hydrogen) atoms. The summed E-state index contributed by atoms with van der Waals surface area (Å²) in [6.07, 6.45) is 4.54. The Hall–Kier alpha value is -1.39. The Labute approximate surface area is 114 Å². The first-order valence-corrected chi connectivity index (χ1v) is 6.83. The van der Waals surface area contributed by atoms with Crippen LogP contribution in [0.25, 0.3) is 0 Å². The zero-order valence-electron chi connectivity index (χ0n) is 11.4. The first-order chi connectivity index (χ1) is 9.06. The summed E-state index contributed by atoms with van der Waals surface area (Å²) in [6, 6.07) is 5.75.